The minimum absolute atomic E-state index is 0.156. The van der Waals surface area contributed by atoms with Crippen LogP contribution in [0.15, 0.2) is 24.3 Å². The van der Waals surface area contributed by atoms with Crippen LogP contribution in [0.1, 0.15) is 38.1 Å². The molecule has 0 aliphatic rings. The minimum Gasteiger partial charge on any atom is -0.478 e. The highest BCUT2D eigenvalue weighted by Gasteiger charge is 2.33. The summed E-state index contributed by atoms with van der Waals surface area (Å²) in [4.78, 5) is 22.6. The molecule has 1 rings (SSSR count). The van der Waals surface area contributed by atoms with Crippen molar-refractivity contribution in [1.82, 2.24) is 0 Å². The van der Waals surface area contributed by atoms with Crippen LogP contribution in [-0.2, 0) is 4.79 Å². The number of aromatic carboxylic acids is 1. The maximum atomic E-state index is 12.0. The molecule has 0 saturated heterocycles. The Labute approximate surface area is 107 Å². The Morgan fingerprint density at radius 1 is 1.17 bits per heavy atom. The molecule has 0 atom stereocenters. The van der Waals surface area contributed by atoms with Crippen molar-refractivity contribution in [2.45, 2.75) is 27.7 Å². The first-order valence-corrected chi connectivity index (χ1v) is 5.80. The number of esters is 1. The summed E-state index contributed by atoms with van der Waals surface area (Å²) in [5.74, 6) is -0.807. The van der Waals surface area contributed by atoms with Gasteiger partial charge in [0, 0.05) is 0 Å². The first-order chi connectivity index (χ1) is 8.25. The highest BCUT2D eigenvalue weighted by Crippen LogP contribution is 2.28. The van der Waals surface area contributed by atoms with Gasteiger partial charge in [-0.1, -0.05) is 13.8 Å². The van der Waals surface area contributed by atoms with E-state index in [1.807, 2.05) is 27.7 Å². The molecule has 0 spiro atoms. The van der Waals surface area contributed by atoms with E-state index in [9.17, 15) is 9.59 Å². The summed E-state index contributed by atoms with van der Waals surface area (Å²) >= 11 is 0. The van der Waals surface area contributed by atoms with Gasteiger partial charge in [0.2, 0.25) is 0 Å². The Morgan fingerprint density at radius 3 is 2.06 bits per heavy atom. The predicted molar refractivity (Wildman–Crippen MR) is 67.7 cm³/mol. The fraction of sp³-hybridized carbons (Fsp3) is 0.429. The van der Waals surface area contributed by atoms with E-state index in [1.54, 1.807) is 0 Å². The summed E-state index contributed by atoms with van der Waals surface area (Å²) in [6.45, 7) is 7.56. The van der Waals surface area contributed by atoms with Crippen molar-refractivity contribution in [1.29, 1.82) is 0 Å². The molecule has 18 heavy (non-hydrogen) atoms. The van der Waals surface area contributed by atoms with Crippen LogP contribution in [-0.4, -0.2) is 17.0 Å². The van der Waals surface area contributed by atoms with Gasteiger partial charge < -0.3 is 9.84 Å². The first-order valence-electron chi connectivity index (χ1n) is 5.80. The second kappa shape index (κ2) is 5.21. The van der Waals surface area contributed by atoms with E-state index < -0.39 is 11.4 Å². The average Bonchev–Trinajstić information content (AvgIpc) is 2.29. The third-order valence-corrected chi connectivity index (χ3v) is 3.28. The Balaban J connectivity index is 2.80. The van der Waals surface area contributed by atoms with Gasteiger partial charge in [0.25, 0.3) is 0 Å². The zero-order chi connectivity index (χ0) is 13.9. The monoisotopic (exact) mass is 250 g/mol. The van der Waals surface area contributed by atoms with E-state index in [0.717, 1.165) is 0 Å². The van der Waals surface area contributed by atoms with Gasteiger partial charge in [-0.05, 0) is 44.0 Å². The van der Waals surface area contributed by atoms with Gasteiger partial charge in [-0.15, -0.1) is 0 Å². The third kappa shape index (κ3) is 3.09. The molecule has 1 N–H and O–H groups in total. The van der Waals surface area contributed by atoms with Crippen LogP contribution in [0.3, 0.4) is 0 Å². The second-order valence-electron chi connectivity index (χ2n) is 5.10. The topological polar surface area (TPSA) is 63.6 Å². The Kier molecular flexibility index (Phi) is 4.11. The van der Waals surface area contributed by atoms with Gasteiger partial charge >= 0.3 is 11.9 Å². The van der Waals surface area contributed by atoms with Gasteiger partial charge in [-0.3, -0.25) is 4.79 Å². The van der Waals surface area contributed by atoms with Crippen molar-refractivity contribution >= 4 is 11.9 Å². The maximum Gasteiger partial charge on any atom is 0.335 e. The van der Waals surface area contributed by atoms with Crippen LogP contribution in [0.2, 0.25) is 0 Å². The van der Waals surface area contributed by atoms with Crippen molar-refractivity contribution in [3.8, 4) is 5.75 Å². The number of benzene rings is 1. The number of ether oxygens (including phenoxy) is 1. The zero-order valence-electron chi connectivity index (χ0n) is 11.1. The molecule has 0 heterocycles. The van der Waals surface area contributed by atoms with Crippen molar-refractivity contribution in [2.24, 2.45) is 11.3 Å². The molecule has 1 aromatic rings. The fourth-order valence-electron chi connectivity index (χ4n) is 1.14. The normalized spacial score (nSPS) is 11.4. The lowest BCUT2D eigenvalue weighted by molar-refractivity contribution is -0.146. The Morgan fingerprint density at radius 2 is 1.67 bits per heavy atom. The number of rotatable bonds is 4. The molecule has 4 nitrogen and oxygen atoms in total. The number of carboxylic acid groups (broad SMARTS) is 1. The molecule has 0 saturated carbocycles. The van der Waals surface area contributed by atoms with Crippen LogP contribution < -0.4 is 4.74 Å². The Bertz CT molecular complexity index is 443. The lowest BCUT2D eigenvalue weighted by Gasteiger charge is -2.26. The summed E-state index contributed by atoms with van der Waals surface area (Å²) in [5, 5.41) is 8.75. The summed E-state index contributed by atoms with van der Waals surface area (Å²) < 4.78 is 5.24. The summed E-state index contributed by atoms with van der Waals surface area (Å²) in [5.41, 5.74) is -0.413. The van der Waals surface area contributed by atoms with Gasteiger partial charge in [-0.25, -0.2) is 4.79 Å². The molecule has 0 aliphatic heterocycles. The van der Waals surface area contributed by atoms with E-state index >= 15 is 0 Å². The molecule has 0 fully saturated rings. The smallest absolute Gasteiger partial charge is 0.335 e. The molecule has 98 valence electrons. The first kappa shape index (κ1) is 14.2. The van der Waals surface area contributed by atoms with Crippen LogP contribution >= 0.6 is 0 Å². The van der Waals surface area contributed by atoms with E-state index in [-0.39, 0.29) is 17.5 Å². The maximum absolute atomic E-state index is 12.0. The lowest BCUT2D eigenvalue weighted by atomic mass is 9.81. The predicted octanol–water partition coefficient (Wildman–Crippen LogP) is 2.97. The highest BCUT2D eigenvalue weighted by atomic mass is 16.5. The van der Waals surface area contributed by atoms with E-state index in [4.69, 9.17) is 9.84 Å². The SMILES string of the molecule is CC(C)C(C)(C)C(=O)Oc1ccc(C(=O)O)cc1. The quantitative estimate of drug-likeness (QED) is 0.659. The molecule has 0 radical (unpaired) electrons. The summed E-state index contributed by atoms with van der Waals surface area (Å²) in [6, 6.07) is 5.79. The fourth-order valence-corrected chi connectivity index (χ4v) is 1.14. The molecule has 4 heteroatoms. The Hall–Kier alpha value is -1.84. The van der Waals surface area contributed by atoms with E-state index in [1.165, 1.54) is 24.3 Å². The van der Waals surface area contributed by atoms with Gasteiger partial charge in [-0.2, -0.15) is 0 Å². The van der Waals surface area contributed by atoms with Crippen molar-refractivity contribution < 1.29 is 19.4 Å². The number of carbonyl (C=O) groups excluding carboxylic acids is 1. The molecular formula is C14H18O4. The molecular weight excluding hydrogens is 232 g/mol. The second-order valence-corrected chi connectivity index (χ2v) is 5.10. The molecule has 0 aromatic heterocycles. The largest absolute Gasteiger partial charge is 0.478 e. The van der Waals surface area contributed by atoms with Crippen LogP contribution in [0.25, 0.3) is 0 Å². The van der Waals surface area contributed by atoms with Crippen molar-refractivity contribution in [2.75, 3.05) is 0 Å². The van der Waals surface area contributed by atoms with Gasteiger partial charge in [0.05, 0.1) is 11.0 Å². The number of hydrogen-bond donors (Lipinski definition) is 1. The molecule has 0 amide bonds. The van der Waals surface area contributed by atoms with Gasteiger partial charge in [0.15, 0.2) is 0 Å². The molecule has 0 bridgehead atoms. The number of hydrogen-bond acceptors (Lipinski definition) is 3. The van der Waals surface area contributed by atoms with Crippen LogP contribution in [0.4, 0.5) is 0 Å². The molecule has 0 aliphatic carbocycles. The third-order valence-electron chi connectivity index (χ3n) is 3.28. The van der Waals surface area contributed by atoms with Gasteiger partial charge in [0.1, 0.15) is 5.75 Å². The number of carbonyl (C=O) groups is 2. The molecule has 1 aromatic carbocycles. The van der Waals surface area contributed by atoms with E-state index in [2.05, 4.69) is 0 Å². The van der Waals surface area contributed by atoms with Crippen LogP contribution in [0, 0.1) is 11.3 Å². The zero-order valence-corrected chi connectivity index (χ0v) is 11.1. The van der Waals surface area contributed by atoms with Crippen molar-refractivity contribution in [3.05, 3.63) is 29.8 Å². The average molecular weight is 250 g/mol. The summed E-state index contributed by atoms with van der Waals surface area (Å²) in [6.07, 6.45) is 0. The number of carboxylic acids is 1. The van der Waals surface area contributed by atoms with Crippen molar-refractivity contribution in [3.63, 3.8) is 0 Å². The highest BCUT2D eigenvalue weighted by molar-refractivity contribution is 5.87. The van der Waals surface area contributed by atoms with E-state index in [0.29, 0.717) is 5.75 Å². The standard InChI is InChI=1S/C14H18O4/c1-9(2)14(3,4)13(17)18-11-7-5-10(6-8-11)12(15)16/h5-9H,1-4H3,(H,15,16). The molecule has 0 unspecified atom stereocenters. The lowest BCUT2D eigenvalue weighted by Crippen LogP contribution is -2.33. The van der Waals surface area contributed by atoms with Crippen LogP contribution in [0.5, 0.6) is 5.75 Å². The summed E-state index contributed by atoms with van der Waals surface area (Å²) in [7, 11) is 0. The minimum atomic E-state index is -1.00.